The van der Waals surface area contributed by atoms with Gasteiger partial charge >= 0.3 is 0 Å². The van der Waals surface area contributed by atoms with Crippen LogP contribution in [0.2, 0.25) is 0 Å². The minimum atomic E-state index is -0.675. The number of anilines is 3. The van der Waals surface area contributed by atoms with Crippen LogP contribution in [0.15, 0.2) is 249 Å². The Bertz CT molecular complexity index is 3390. The molecule has 10 aromatic rings. The molecule has 1 heteroatoms. The minimum Gasteiger partial charge on any atom is -0.310 e. The number of hydrogen-bond donors (Lipinski definition) is 0. The van der Waals surface area contributed by atoms with Crippen molar-refractivity contribution in [2.45, 2.75) is 24.7 Å². The molecule has 2 aliphatic rings. The molecule has 0 aromatic heterocycles. The van der Waals surface area contributed by atoms with Crippen molar-refractivity contribution in [3.8, 4) is 55.6 Å². The number of rotatable bonds is 8. The molecule has 12 rings (SSSR count). The van der Waals surface area contributed by atoms with E-state index in [-0.39, 0.29) is 5.41 Å². The van der Waals surface area contributed by atoms with Crippen LogP contribution in [0, 0.1) is 0 Å². The third-order valence-electron chi connectivity index (χ3n) is 14.2. The standard InChI is InChI=1S/C64H47N/c1-63(2)57-32-18-15-30-53(57)55-39-36-49(42-59(55)63)65(62-34-20-17-29-52(62)46-25-11-5-12-26-46)50-37-40-56-54-31-16-19-33-58(54)64(61(56)43-50,48-27-13-6-14-28-48)60-41-47(44-21-7-3-8-22-44)35-38-51(60)45-23-9-4-10-24-45/h3-43H,1-2H3. The summed E-state index contributed by atoms with van der Waals surface area (Å²) in [4.78, 5) is 2.51. The van der Waals surface area contributed by atoms with Gasteiger partial charge in [0.05, 0.1) is 11.1 Å². The van der Waals surface area contributed by atoms with Gasteiger partial charge < -0.3 is 4.90 Å². The summed E-state index contributed by atoms with van der Waals surface area (Å²) in [5, 5.41) is 0. The van der Waals surface area contributed by atoms with Crippen molar-refractivity contribution in [3.63, 3.8) is 0 Å². The van der Waals surface area contributed by atoms with E-state index < -0.39 is 5.41 Å². The van der Waals surface area contributed by atoms with E-state index in [1.807, 2.05) is 0 Å². The molecule has 0 heterocycles. The molecule has 0 saturated carbocycles. The van der Waals surface area contributed by atoms with E-state index in [9.17, 15) is 0 Å². The second-order valence-electron chi connectivity index (χ2n) is 18.0. The summed E-state index contributed by atoms with van der Waals surface area (Å²) in [6.07, 6.45) is 0. The molecular weight excluding hydrogens is 783 g/mol. The van der Waals surface area contributed by atoms with E-state index in [2.05, 4.69) is 267 Å². The number of hydrogen-bond acceptors (Lipinski definition) is 1. The second kappa shape index (κ2) is 15.4. The summed E-state index contributed by atoms with van der Waals surface area (Å²) >= 11 is 0. The zero-order valence-corrected chi connectivity index (χ0v) is 36.6. The molecule has 2 aliphatic carbocycles. The lowest BCUT2D eigenvalue weighted by Crippen LogP contribution is -2.29. The summed E-state index contributed by atoms with van der Waals surface area (Å²) in [6, 6.07) is 92.3. The van der Waals surface area contributed by atoms with Gasteiger partial charge in [0.2, 0.25) is 0 Å². The maximum Gasteiger partial charge on any atom is 0.0720 e. The Morgan fingerprint density at radius 2 is 0.708 bits per heavy atom. The molecule has 1 unspecified atom stereocenters. The highest BCUT2D eigenvalue weighted by Crippen LogP contribution is 2.60. The second-order valence-corrected chi connectivity index (χ2v) is 18.0. The van der Waals surface area contributed by atoms with Crippen molar-refractivity contribution in [2.75, 3.05) is 4.90 Å². The van der Waals surface area contributed by atoms with Gasteiger partial charge in [-0.1, -0.05) is 226 Å². The van der Waals surface area contributed by atoms with Crippen LogP contribution < -0.4 is 4.90 Å². The zero-order valence-electron chi connectivity index (χ0n) is 36.6. The van der Waals surface area contributed by atoms with Crippen LogP contribution in [0.1, 0.15) is 47.2 Å². The molecule has 308 valence electrons. The first kappa shape index (κ1) is 38.7. The van der Waals surface area contributed by atoms with Crippen molar-refractivity contribution < 1.29 is 0 Å². The maximum atomic E-state index is 2.52. The smallest absolute Gasteiger partial charge is 0.0720 e. The van der Waals surface area contributed by atoms with Crippen LogP contribution in [0.3, 0.4) is 0 Å². The number of fused-ring (bicyclic) bond motifs is 6. The molecule has 0 amide bonds. The Hall–Kier alpha value is -8.00. The minimum absolute atomic E-state index is 0.161. The molecule has 1 atom stereocenters. The first-order chi connectivity index (χ1) is 32.0. The van der Waals surface area contributed by atoms with Gasteiger partial charge in [-0.25, -0.2) is 0 Å². The van der Waals surface area contributed by atoms with Crippen LogP contribution in [0.25, 0.3) is 55.6 Å². The fraction of sp³-hybridized carbons (Fsp3) is 0.0625. The van der Waals surface area contributed by atoms with E-state index in [0.29, 0.717) is 0 Å². The third-order valence-corrected chi connectivity index (χ3v) is 14.2. The predicted octanol–water partition coefficient (Wildman–Crippen LogP) is 16.8. The van der Waals surface area contributed by atoms with Gasteiger partial charge in [0.25, 0.3) is 0 Å². The van der Waals surface area contributed by atoms with Gasteiger partial charge in [-0.15, -0.1) is 0 Å². The quantitative estimate of drug-likeness (QED) is 0.147. The molecule has 1 nitrogen and oxygen atoms in total. The Kier molecular flexibility index (Phi) is 9.14. The van der Waals surface area contributed by atoms with Crippen LogP contribution in [0.4, 0.5) is 17.1 Å². The Labute approximate surface area is 382 Å². The highest BCUT2D eigenvalue weighted by Gasteiger charge is 2.48. The highest BCUT2D eigenvalue weighted by atomic mass is 15.1. The van der Waals surface area contributed by atoms with Gasteiger partial charge in [0.15, 0.2) is 0 Å². The maximum absolute atomic E-state index is 2.52. The van der Waals surface area contributed by atoms with E-state index in [1.54, 1.807) is 0 Å². The highest BCUT2D eigenvalue weighted by molar-refractivity contribution is 5.95. The molecular formula is C64H47N. The Balaban J connectivity index is 1.17. The van der Waals surface area contributed by atoms with Crippen LogP contribution in [-0.2, 0) is 10.8 Å². The first-order valence-electron chi connectivity index (χ1n) is 22.8. The number of para-hydroxylation sites is 1. The lowest BCUT2D eigenvalue weighted by atomic mass is 9.65. The van der Waals surface area contributed by atoms with Crippen molar-refractivity contribution >= 4 is 17.1 Å². The van der Waals surface area contributed by atoms with E-state index in [0.717, 1.165) is 17.1 Å². The van der Waals surface area contributed by atoms with Crippen LogP contribution >= 0.6 is 0 Å². The van der Waals surface area contributed by atoms with Gasteiger partial charge in [0.1, 0.15) is 0 Å². The van der Waals surface area contributed by atoms with Crippen molar-refractivity contribution in [3.05, 3.63) is 282 Å². The summed E-state index contributed by atoms with van der Waals surface area (Å²) in [5.74, 6) is 0. The fourth-order valence-electron chi connectivity index (χ4n) is 11.2. The fourth-order valence-corrected chi connectivity index (χ4v) is 11.2. The molecule has 10 aromatic carbocycles. The average Bonchev–Trinajstić information content (AvgIpc) is 3.80. The SMILES string of the molecule is CC1(C)c2ccccc2-c2ccc(N(c3ccc4c(c3)C(c3ccccc3)(c3cc(-c5ccccc5)ccc3-c3ccccc3)c3ccccc3-4)c3ccccc3-c3ccccc3)cc21. The van der Waals surface area contributed by atoms with E-state index >= 15 is 0 Å². The molecule has 0 saturated heterocycles. The largest absolute Gasteiger partial charge is 0.310 e. The van der Waals surface area contributed by atoms with E-state index in [4.69, 9.17) is 0 Å². The number of benzene rings is 10. The number of nitrogens with zero attached hydrogens (tertiary/aromatic N) is 1. The lowest BCUT2D eigenvalue weighted by Gasteiger charge is -2.37. The first-order valence-corrected chi connectivity index (χ1v) is 22.8. The summed E-state index contributed by atoms with van der Waals surface area (Å²) in [7, 11) is 0. The predicted molar refractivity (Wildman–Crippen MR) is 272 cm³/mol. The van der Waals surface area contributed by atoms with Gasteiger partial charge in [-0.3, -0.25) is 0 Å². The Morgan fingerprint density at radius 1 is 0.277 bits per heavy atom. The van der Waals surface area contributed by atoms with Crippen molar-refractivity contribution in [2.24, 2.45) is 0 Å². The molecule has 0 N–H and O–H groups in total. The van der Waals surface area contributed by atoms with E-state index in [1.165, 1.54) is 89.0 Å². The van der Waals surface area contributed by atoms with Crippen LogP contribution in [0.5, 0.6) is 0 Å². The third kappa shape index (κ3) is 6.07. The molecule has 0 radical (unpaired) electrons. The average molecular weight is 830 g/mol. The van der Waals surface area contributed by atoms with Gasteiger partial charge in [0, 0.05) is 22.4 Å². The Morgan fingerprint density at radius 3 is 1.35 bits per heavy atom. The van der Waals surface area contributed by atoms with Gasteiger partial charge in [-0.05, 0) is 120 Å². The zero-order chi connectivity index (χ0) is 43.5. The molecule has 0 aliphatic heterocycles. The monoisotopic (exact) mass is 829 g/mol. The van der Waals surface area contributed by atoms with Crippen LogP contribution in [-0.4, -0.2) is 0 Å². The lowest BCUT2D eigenvalue weighted by molar-refractivity contribution is 0.660. The molecule has 0 fully saturated rings. The molecule has 0 spiro atoms. The molecule has 65 heavy (non-hydrogen) atoms. The van der Waals surface area contributed by atoms with Crippen molar-refractivity contribution in [1.29, 1.82) is 0 Å². The molecule has 0 bridgehead atoms. The normalized spacial score (nSPS) is 15.1. The van der Waals surface area contributed by atoms with Gasteiger partial charge in [-0.2, -0.15) is 0 Å². The summed E-state index contributed by atoms with van der Waals surface area (Å²) < 4.78 is 0. The van der Waals surface area contributed by atoms with Crippen molar-refractivity contribution in [1.82, 2.24) is 0 Å². The summed E-state index contributed by atoms with van der Waals surface area (Å²) in [5.41, 5.74) is 22.6. The topological polar surface area (TPSA) is 3.24 Å². The summed E-state index contributed by atoms with van der Waals surface area (Å²) in [6.45, 7) is 4.75.